The second kappa shape index (κ2) is 10.9. The number of nitrogens with zero attached hydrogens (tertiary/aromatic N) is 2. The van der Waals surface area contributed by atoms with E-state index in [0.717, 1.165) is 16.8 Å². The Morgan fingerprint density at radius 3 is 2.63 bits per heavy atom. The minimum absolute atomic E-state index is 0.0861. The summed E-state index contributed by atoms with van der Waals surface area (Å²) in [6.07, 6.45) is 8.24. The Bertz CT molecular complexity index is 1030. The lowest BCUT2D eigenvalue weighted by atomic mass is 9.94. The quantitative estimate of drug-likeness (QED) is 0.320. The van der Waals surface area contributed by atoms with Crippen molar-refractivity contribution in [2.24, 2.45) is 0 Å². The predicted molar refractivity (Wildman–Crippen MR) is 136 cm³/mol. The molecule has 0 amide bonds. The summed E-state index contributed by atoms with van der Waals surface area (Å²) in [5.74, 6) is -1.09. The second-order valence-corrected chi connectivity index (χ2v) is 11.1. The van der Waals surface area contributed by atoms with Crippen LogP contribution >= 0.6 is 11.6 Å². The molecule has 6 nitrogen and oxygen atoms in total. The van der Waals surface area contributed by atoms with Gasteiger partial charge in [-0.2, -0.15) is 0 Å². The van der Waals surface area contributed by atoms with Gasteiger partial charge in [0, 0.05) is 18.4 Å². The molecule has 1 fully saturated rings. The van der Waals surface area contributed by atoms with Crippen LogP contribution in [0.15, 0.2) is 24.3 Å². The molecule has 1 unspecified atom stereocenters. The van der Waals surface area contributed by atoms with E-state index >= 15 is 0 Å². The first kappa shape index (κ1) is 27.5. The number of ether oxygens (including phenoxy) is 3. The van der Waals surface area contributed by atoms with Gasteiger partial charge in [0.1, 0.15) is 11.8 Å². The van der Waals surface area contributed by atoms with Crippen LogP contribution in [-0.4, -0.2) is 45.7 Å². The zero-order valence-corrected chi connectivity index (χ0v) is 22.4. The van der Waals surface area contributed by atoms with Crippen molar-refractivity contribution in [3.63, 3.8) is 0 Å². The van der Waals surface area contributed by atoms with Gasteiger partial charge in [-0.15, -0.1) is 0 Å². The van der Waals surface area contributed by atoms with Crippen LogP contribution in [0.25, 0.3) is 11.6 Å². The lowest BCUT2D eigenvalue weighted by Crippen LogP contribution is -2.45. The molecule has 0 aromatic carbocycles. The van der Waals surface area contributed by atoms with E-state index in [2.05, 4.69) is 9.97 Å². The first-order valence-electron chi connectivity index (χ1n) is 12.1. The number of carbonyl (C=O) groups is 1. The highest BCUT2D eigenvalue weighted by atomic mass is 35.5. The molecule has 192 valence electrons. The van der Waals surface area contributed by atoms with Gasteiger partial charge in [0.2, 0.25) is 5.28 Å². The van der Waals surface area contributed by atoms with Crippen LogP contribution in [0.3, 0.4) is 0 Å². The molecule has 1 aliphatic heterocycles. The van der Waals surface area contributed by atoms with E-state index in [9.17, 15) is 9.18 Å². The summed E-state index contributed by atoms with van der Waals surface area (Å²) in [6, 6.07) is 0. The molecule has 2 heterocycles. The molecule has 0 spiro atoms. The molecule has 3 rings (SSSR count). The van der Waals surface area contributed by atoms with Gasteiger partial charge in [0.05, 0.1) is 30.0 Å². The maximum absolute atomic E-state index is 13.7. The SMILES string of the molecule is CC(C)c1nc(Cl)nc(C2=CCC(F)C=C2)c1/C=C/[C@@H]1C[C@H](CC(=O)OC(C)(C)C)OC(C)(C)O1. The van der Waals surface area contributed by atoms with Crippen LogP contribution in [0.5, 0.6) is 0 Å². The summed E-state index contributed by atoms with van der Waals surface area (Å²) in [6.45, 7) is 13.3. The van der Waals surface area contributed by atoms with Crippen molar-refractivity contribution in [3.05, 3.63) is 46.5 Å². The van der Waals surface area contributed by atoms with Crippen molar-refractivity contribution in [2.75, 3.05) is 0 Å². The number of aromatic nitrogens is 2. The molecule has 1 saturated heterocycles. The van der Waals surface area contributed by atoms with E-state index in [1.807, 2.05) is 66.7 Å². The molecule has 1 aliphatic carbocycles. The number of halogens is 2. The number of alkyl halides is 1. The van der Waals surface area contributed by atoms with Crippen molar-refractivity contribution < 1.29 is 23.4 Å². The number of rotatable bonds is 6. The van der Waals surface area contributed by atoms with Crippen molar-refractivity contribution in [1.82, 2.24) is 9.97 Å². The molecular formula is C27H36ClFN2O4. The summed E-state index contributed by atoms with van der Waals surface area (Å²) in [5, 5.41) is 0.151. The van der Waals surface area contributed by atoms with Gasteiger partial charge in [-0.25, -0.2) is 14.4 Å². The Hall–Kier alpha value is -2.09. The third kappa shape index (κ3) is 7.95. The maximum atomic E-state index is 13.7. The Morgan fingerprint density at radius 1 is 1.31 bits per heavy atom. The van der Waals surface area contributed by atoms with Crippen LogP contribution in [-0.2, 0) is 19.0 Å². The summed E-state index contributed by atoms with van der Waals surface area (Å²) < 4.78 is 31.3. The molecule has 8 heteroatoms. The number of allylic oxidation sites excluding steroid dienone is 4. The molecular weight excluding hydrogens is 471 g/mol. The molecule has 2 aliphatic rings. The van der Waals surface area contributed by atoms with Crippen molar-refractivity contribution >= 4 is 29.2 Å². The third-order valence-corrected chi connectivity index (χ3v) is 5.66. The third-order valence-electron chi connectivity index (χ3n) is 5.49. The molecule has 0 N–H and O–H groups in total. The van der Waals surface area contributed by atoms with E-state index in [-0.39, 0.29) is 42.2 Å². The molecule has 0 bridgehead atoms. The van der Waals surface area contributed by atoms with E-state index < -0.39 is 17.6 Å². The monoisotopic (exact) mass is 506 g/mol. The first-order chi connectivity index (χ1) is 16.2. The van der Waals surface area contributed by atoms with E-state index in [1.54, 1.807) is 6.08 Å². The molecule has 0 radical (unpaired) electrons. The van der Waals surface area contributed by atoms with Gasteiger partial charge in [0.15, 0.2) is 5.79 Å². The fourth-order valence-electron chi connectivity index (χ4n) is 4.22. The Balaban J connectivity index is 1.88. The molecule has 35 heavy (non-hydrogen) atoms. The average Bonchev–Trinajstić information content (AvgIpc) is 2.70. The van der Waals surface area contributed by atoms with Crippen molar-refractivity contribution in [2.45, 2.75) is 103 Å². The minimum atomic E-state index is -1.00. The minimum Gasteiger partial charge on any atom is -0.460 e. The average molecular weight is 507 g/mol. The van der Waals surface area contributed by atoms with Crippen LogP contribution in [0.1, 0.15) is 90.6 Å². The van der Waals surface area contributed by atoms with Gasteiger partial charge in [-0.05, 0) is 63.8 Å². The maximum Gasteiger partial charge on any atom is 0.308 e. The Kier molecular flexibility index (Phi) is 8.56. The largest absolute Gasteiger partial charge is 0.460 e. The van der Waals surface area contributed by atoms with Gasteiger partial charge < -0.3 is 14.2 Å². The van der Waals surface area contributed by atoms with Crippen LogP contribution in [0, 0.1) is 0 Å². The number of esters is 1. The van der Waals surface area contributed by atoms with Gasteiger partial charge in [-0.1, -0.05) is 38.2 Å². The van der Waals surface area contributed by atoms with E-state index in [1.165, 1.54) is 6.08 Å². The normalized spacial score (nSPS) is 24.6. The van der Waals surface area contributed by atoms with Gasteiger partial charge >= 0.3 is 5.97 Å². The molecule has 0 saturated carbocycles. The van der Waals surface area contributed by atoms with Crippen molar-refractivity contribution in [1.29, 1.82) is 0 Å². The van der Waals surface area contributed by atoms with E-state index in [4.69, 9.17) is 25.8 Å². The predicted octanol–water partition coefficient (Wildman–Crippen LogP) is 6.59. The summed E-state index contributed by atoms with van der Waals surface area (Å²) in [4.78, 5) is 21.3. The lowest BCUT2D eigenvalue weighted by molar-refractivity contribution is -0.290. The highest BCUT2D eigenvalue weighted by Gasteiger charge is 2.36. The lowest BCUT2D eigenvalue weighted by Gasteiger charge is -2.39. The fourth-order valence-corrected chi connectivity index (χ4v) is 4.39. The topological polar surface area (TPSA) is 70.5 Å². The standard InChI is InChI=1S/C27H36ClFN2O4/c1-16(2)23-21(24(31-25(28)30-23)17-8-10-18(29)11-9-17)13-12-19-14-20(34-27(6,7)33-19)15-22(32)35-26(3,4)5/h8-10,12-13,16,18-20H,11,14-15H2,1-7H3/b13-12+/t18?,19-,20-/m1/s1. The zero-order chi connectivity index (χ0) is 26.0. The van der Waals surface area contributed by atoms with Crippen LogP contribution in [0.4, 0.5) is 4.39 Å². The highest BCUT2D eigenvalue weighted by molar-refractivity contribution is 6.28. The van der Waals surface area contributed by atoms with Crippen LogP contribution < -0.4 is 0 Å². The van der Waals surface area contributed by atoms with Crippen molar-refractivity contribution in [3.8, 4) is 0 Å². The second-order valence-electron chi connectivity index (χ2n) is 10.7. The fraction of sp³-hybridized carbons (Fsp3) is 0.593. The number of carbonyl (C=O) groups excluding carboxylic acids is 1. The smallest absolute Gasteiger partial charge is 0.308 e. The molecule has 3 atom stereocenters. The molecule has 1 aromatic heterocycles. The molecule has 1 aromatic rings. The van der Waals surface area contributed by atoms with Gasteiger partial charge in [0.25, 0.3) is 0 Å². The van der Waals surface area contributed by atoms with E-state index in [0.29, 0.717) is 12.1 Å². The Morgan fingerprint density at radius 2 is 2.03 bits per heavy atom. The first-order valence-corrected chi connectivity index (χ1v) is 12.5. The van der Waals surface area contributed by atoms with Gasteiger partial charge in [-0.3, -0.25) is 4.79 Å². The number of hydrogen-bond acceptors (Lipinski definition) is 6. The summed E-state index contributed by atoms with van der Waals surface area (Å²) in [7, 11) is 0. The number of hydrogen-bond donors (Lipinski definition) is 0. The summed E-state index contributed by atoms with van der Waals surface area (Å²) in [5.41, 5.74) is 2.52. The Labute approximate surface area is 212 Å². The van der Waals surface area contributed by atoms with Crippen LogP contribution in [0.2, 0.25) is 5.28 Å². The summed E-state index contributed by atoms with van der Waals surface area (Å²) >= 11 is 6.26. The zero-order valence-electron chi connectivity index (χ0n) is 21.6. The highest BCUT2D eigenvalue weighted by Crippen LogP contribution is 2.33.